The Bertz CT molecular complexity index is 446. The maximum atomic E-state index is 11.0. The van der Waals surface area contributed by atoms with Crippen LogP contribution in [0.1, 0.15) is 45.6 Å². The molecule has 2 N–H and O–H groups in total. The average Bonchev–Trinajstić information content (AvgIpc) is 2.35. The van der Waals surface area contributed by atoms with Gasteiger partial charge in [0.15, 0.2) is 5.75 Å². The summed E-state index contributed by atoms with van der Waals surface area (Å²) in [6.07, 6.45) is 0.752. The average molecular weight is 266 g/mol. The number of nitrogens with two attached hydrogens (primary N) is 1. The van der Waals surface area contributed by atoms with Crippen LogP contribution in [0.25, 0.3) is 0 Å². The van der Waals surface area contributed by atoms with Crippen molar-refractivity contribution < 1.29 is 9.66 Å². The Morgan fingerprint density at radius 3 is 2.47 bits per heavy atom. The van der Waals surface area contributed by atoms with Gasteiger partial charge in [0.05, 0.1) is 11.0 Å². The van der Waals surface area contributed by atoms with Crippen LogP contribution in [0.3, 0.4) is 0 Å². The van der Waals surface area contributed by atoms with Crippen molar-refractivity contribution in [1.29, 1.82) is 0 Å². The van der Waals surface area contributed by atoms with Gasteiger partial charge in [-0.05, 0) is 37.8 Å². The molecule has 0 fully saturated rings. The van der Waals surface area contributed by atoms with E-state index < -0.39 is 4.92 Å². The quantitative estimate of drug-likeness (QED) is 0.633. The summed E-state index contributed by atoms with van der Waals surface area (Å²) in [5.74, 6) is 0.452. The first-order chi connectivity index (χ1) is 8.86. The highest BCUT2D eigenvalue weighted by molar-refractivity contribution is 5.49. The van der Waals surface area contributed by atoms with Crippen molar-refractivity contribution in [3.05, 3.63) is 33.9 Å². The maximum absolute atomic E-state index is 11.0. The minimum atomic E-state index is -0.425. The van der Waals surface area contributed by atoms with Crippen LogP contribution in [0, 0.1) is 10.1 Å². The Hall–Kier alpha value is -1.62. The van der Waals surface area contributed by atoms with Crippen molar-refractivity contribution in [3.63, 3.8) is 0 Å². The zero-order valence-electron chi connectivity index (χ0n) is 11.9. The molecule has 0 spiro atoms. The number of nitro groups is 1. The molecule has 1 aromatic rings. The molecule has 0 aliphatic heterocycles. The van der Waals surface area contributed by atoms with Crippen molar-refractivity contribution in [3.8, 4) is 5.75 Å². The third-order valence-corrected chi connectivity index (χ3v) is 3.18. The Balaban J connectivity index is 3.14. The van der Waals surface area contributed by atoms with E-state index in [1.165, 1.54) is 6.07 Å². The summed E-state index contributed by atoms with van der Waals surface area (Å²) in [6.45, 7) is 7.74. The summed E-state index contributed by atoms with van der Waals surface area (Å²) in [6, 6.07) is 5.02. The predicted molar refractivity (Wildman–Crippen MR) is 75.5 cm³/mol. The van der Waals surface area contributed by atoms with E-state index in [1.54, 1.807) is 12.1 Å². The second-order valence-electron chi connectivity index (χ2n) is 5.01. The molecule has 1 aromatic carbocycles. The molecule has 1 rings (SSSR count). The first-order valence-corrected chi connectivity index (χ1v) is 6.57. The molecule has 0 radical (unpaired) electrons. The molecule has 0 aliphatic carbocycles. The molecule has 5 nitrogen and oxygen atoms in total. The van der Waals surface area contributed by atoms with Gasteiger partial charge in [0.25, 0.3) is 0 Å². The number of hydrogen-bond donors (Lipinski definition) is 1. The van der Waals surface area contributed by atoms with Crippen LogP contribution >= 0.6 is 0 Å². The number of benzene rings is 1. The van der Waals surface area contributed by atoms with Gasteiger partial charge in [-0.2, -0.15) is 0 Å². The van der Waals surface area contributed by atoms with Crippen LogP contribution < -0.4 is 10.5 Å². The fourth-order valence-corrected chi connectivity index (χ4v) is 1.91. The number of nitro benzene ring substituents is 1. The topological polar surface area (TPSA) is 78.4 Å². The third-order valence-electron chi connectivity index (χ3n) is 3.18. The predicted octanol–water partition coefficient (Wildman–Crippen LogP) is 3.22. The summed E-state index contributed by atoms with van der Waals surface area (Å²) < 4.78 is 5.53. The van der Waals surface area contributed by atoms with Crippen molar-refractivity contribution in [2.24, 2.45) is 5.73 Å². The summed E-state index contributed by atoms with van der Waals surface area (Å²) in [5.41, 5.74) is 6.99. The van der Waals surface area contributed by atoms with Gasteiger partial charge in [-0.25, -0.2) is 0 Å². The van der Waals surface area contributed by atoms with E-state index >= 15 is 0 Å². The Morgan fingerprint density at radius 2 is 2.00 bits per heavy atom. The first kappa shape index (κ1) is 15.4. The van der Waals surface area contributed by atoms with Gasteiger partial charge in [-0.3, -0.25) is 10.1 Å². The second-order valence-corrected chi connectivity index (χ2v) is 5.01. The molecular weight excluding hydrogens is 244 g/mol. The monoisotopic (exact) mass is 266 g/mol. The lowest BCUT2D eigenvalue weighted by Gasteiger charge is -2.20. The lowest BCUT2D eigenvalue weighted by atomic mass is 9.92. The van der Waals surface area contributed by atoms with E-state index in [0.717, 1.165) is 12.0 Å². The zero-order chi connectivity index (χ0) is 14.6. The standard InChI is InChI=1S/C14H22N2O3/c1-5-12(15)10(4)11-6-7-13(16(17)18)14(8-11)19-9(2)3/h6-10,12H,5,15H2,1-4H3. The van der Waals surface area contributed by atoms with Gasteiger partial charge in [-0.15, -0.1) is 0 Å². The van der Waals surface area contributed by atoms with E-state index in [2.05, 4.69) is 0 Å². The molecule has 0 heterocycles. The number of hydrogen-bond acceptors (Lipinski definition) is 4. The summed E-state index contributed by atoms with van der Waals surface area (Å²) in [5, 5.41) is 11.0. The molecule has 2 unspecified atom stereocenters. The minimum absolute atomic E-state index is 0.00489. The van der Waals surface area contributed by atoms with Gasteiger partial charge in [0.1, 0.15) is 0 Å². The fraction of sp³-hybridized carbons (Fsp3) is 0.571. The molecular formula is C14H22N2O3. The second kappa shape index (κ2) is 6.52. The van der Waals surface area contributed by atoms with Crippen LogP contribution in [0.4, 0.5) is 5.69 Å². The molecule has 0 saturated heterocycles. The molecule has 0 aliphatic rings. The lowest BCUT2D eigenvalue weighted by Crippen LogP contribution is -2.25. The molecule has 0 bridgehead atoms. The van der Waals surface area contributed by atoms with Crippen molar-refractivity contribution in [1.82, 2.24) is 0 Å². The highest BCUT2D eigenvalue weighted by Gasteiger charge is 2.20. The Morgan fingerprint density at radius 1 is 1.37 bits per heavy atom. The van der Waals surface area contributed by atoms with Gasteiger partial charge >= 0.3 is 5.69 Å². The van der Waals surface area contributed by atoms with E-state index in [-0.39, 0.29) is 23.8 Å². The summed E-state index contributed by atoms with van der Waals surface area (Å²) in [4.78, 5) is 10.6. The highest BCUT2D eigenvalue weighted by Crippen LogP contribution is 2.32. The third kappa shape index (κ3) is 3.92. The van der Waals surface area contributed by atoms with Crippen molar-refractivity contribution >= 4 is 5.69 Å². The molecule has 106 valence electrons. The number of ether oxygens (including phenoxy) is 1. The minimum Gasteiger partial charge on any atom is -0.484 e. The molecule has 19 heavy (non-hydrogen) atoms. The Kier molecular flexibility index (Phi) is 5.30. The lowest BCUT2D eigenvalue weighted by molar-refractivity contribution is -0.386. The fourth-order valence-electron chi connectivity index (χ4n) is 1.91. The van der Waals surface area contributed by atoms with Gasteiger partial charge in [0, 0.05) is 12.1 Å². The van der Waals surface area contributed by atoms with E-state index in [0.29, 0.717) is 5.75 Å². The number of rotatable bonds is 6. The maximum Gasteiger partial charge on any atom is 0.310 e. The van der Waals surface area contributed by atoms with Crippen LogP contribution in [-0.4, -0.2) is 17.1 Å². The molecule has 0 saturated carbocycles. The zero-order valence-corrected chi connectivity index (χ0v) is 11.9. The van der Waals surface area contributed by atoms with Crippen LogP contribution in [0.5, 0.6) is 5.75 Å². The molecule has 2 atom stereocenters. The Labute approximate surface area is 113 Å². The van der Waals surface area contributed by atoms with Crippen molar-refractivity contribution in [2.75, 3.05) is 0 Å². The van der Waals surface area contributed by atoms with Crippen LogP contribution in [0.2, 0.25) is 0 Å². The first-order valence-electron chi connectivity index (χ1n) is 6.57. The van der Waals surface area contributed by atoms with Crippen LogP contribution in [-0.2, 0) is 0 Å². The van der Waals surface area contributed by atoms with Gasteiger partial charge < -0.3 is 10.5 Å². The molecule has 0 amide bonds. The van der Waals surface area contributed by atoms with Gasteiger partial charge in [0.2, 0.25) is 0 Å². The van der Waals surface area contributed by atoms with E-state index in [4.69, 9.17) is 10.5 Å². The number of nitrogens with zero attached hydrogens (tertiary/aromatic N) is 1. The smallest absolute Gasteiger partial charge is 0.310 e. The largest absolute Gasteiger partial charge is 0.484 e. The SMILES string of the molecule is CCC(N)C(C)c1ccc([N+](=O)[O-])c(OC(C)C)c1. The summed E-state index contributed by atoms with van der Waals surface area (Å²) >= 11 is 0. The molecule has 5 heteroatoms. The van der Waals surface area contributed by atoms with E-state index in [1.807, 2.05) is 27.7 Å². The van der Waals surface area contributed by atoms with E-state index in [9.17, 15) is 10.1 Å². The van der Waals surface area contributed by atoms with Crippen molar-refractivity contribution in [2.45, 2.75) is 52.2 Å². The highest BCUT2D eigenvalue weighted by atomic mass is 16.6. The molecule has 0 aromatic heterocycles. The summed E-state index contributed by atoms with van der Waals surface area (Å²) in [7, 11) is 0. The van der Waals surface area contributed by atoms with Crippen LogP contribution in [0.15, 0.2) is 18.2 Å². The normalized spacial score (nSPS) is 14.2. The van der Waals surface area contributed by atoms with Gasteiger partial charge in [-0.1, -0.05) is 19.9 Å².